The van der Waals surface area contributed by atoms with Crippen molar-refractivity contribution in [1.82, 2.24) is 4.98 Å². The van der Waals surface area contributed by atoms with Crippen molar-refractivity contribution in [2.24, 2.45) is 5.73 Å². The number of rotatable bonds is 1. The van der Waals surface area contributed by atoms with Gasteiger partial charge in [0.05, 0.1) is 11.1 Å². The van der Waals surface area contributed by atoms with E-state index in [0.717, 1.165) is 16.6 Å². The Morgan fingerprint density at radius 1 is 1.31 bits per heavy atom. The number of benzene rings is 1. The lowest BCUT2D eigenvalue weighted by molar-refractivity contribution is 0.100. The lowest BCUT2D eigenvalue weighted by Gasteiger charge is -2.04. The summed E-state index contributed by atoms with van der Waals surface area (Å²) in [5, 5.41) is 0.756. The average Bonchev–Trinajstić information content (AvgIpc) is 2.49. The van der Waals surface area contributed by atoms with Crippen LogP contribution >= 0.6 is 0 Å². The van der Waals surface area contributed by atoms with E-state index in [1.165, 1.54) is 6.07 Å². The van der Waals surface area contributed by atoms with E-state index < -0.39 is 11.7 Å². The minimum Gasteiger partial charge on any atom is -0.366 e. The normalized spacial score (nSPS) is 11.0. The molecule has 0 atom stereocenters. The Morgan fingerprint density at radius 2 is 1.94 bits per heavy atom. The lowest BCUT2D eigenvalue weighted by atomic mass is 10.0. The Balaban J connectivity index is 3.01. The van der Waals surface area contributed by atoms with Gasteiger partial charge in [-0.05, 0) is 38.0 Å². The van der Waals surface area contributed by atoms with Crippen molar-refractivity contribution in [3.63, 3.8) is 0 Å². The summed E-state index contributed by atoms with van der Waals surface area (Å²) >= 11 is 0. The smallest absolute Gasteiger partial charge is 0.250 e. The Hall–Kier alpha value is -1.84. The monoisotopic (exact) mass is 220 g/mol. The Kier molecular flexibility index (Phi) is 2.22. The van der Waals surface area contributed by atoms with Crippen molar-refractivity contribution in [2.45, 2.75) is 20.8 Å². The van der Waals surface area contributed by atoms with Crippen LogP contribution in [0.1, 0.15) is 27.2 Å². The van der Waals surface area contributed by atoms with Crippen molar-refractivity contribution in [1.29, 1.82) is 0 Å². The van der Waals surface area contributed by atoms with E-state index in [2.05, 4.69) is 4.98 Å². The number of fused-ring (bicyclic) bond motifs is 1. The van der Waals surface area contributed by atoms with Crippen LogP contribution < -0.4 is 5.73 Å². The molecule has 0 aliphatic heterocycles. The molecule has 0 radical (unpaired) electrons. The van der Waals surface area contributed by atoms with Gasteiger partial charge in [-0.15, -0.1) is 0 Å². The van der Waals surface area contributed by atoms with Gasteiger partial charge in [-0.1, -0.05) is 0 Å². The van der Waals surface area contributed by atoms with Crippen LogP contribution in [-0.4, -0.2) is 10.9 Å². The number of aromatic nitrogens is 1. The van der Waals surface area contributed by atoms with Crippen molar-refractivity contribution < 1.29 is 9.18 Å². The molecule has 1 amide bonds. The highest BCUT2D eigenvalue weighted by molar-refractivity contribution is 6.07. The summed E-state index contributed by atoms with van der Waals surface area (Å²) in [6.07, 6.45) is 0. The molecule has 84 valence electrons. The number of nitrogens with two attached hydrogens (primary N) is 1. The minimum absolute atomic E-state index is 0.203. The second kappa shape index (κ2) is 3.33. The second-order valence-corrected chi connectivity index (χ2v) is 4.02. The SMILES string of the molecule is Cc1[nH]c2c(C(N)=O)cc(F)c(C)c2c1C. The number of carbonyl (C=O) groups is 1. The number of amides is 1. The molecule has 4 heteroatoms. The molecule has 0 fully saturated rings. The molecule has 16 heavy (non-hydrogen) atoms. The topological polar surface area (TPSA) is 58.9 Å². The third kappa shape index (κ3) is 1.30. The van der Waals surface area contributed by atoms with E-state index >= 15 is 0 Å². The molecule has 0 bridgehead atoms. The maximum Gasteiger partial charge on any atom is 0.250 e. The van der Waals surface area contributed by atoms with Crippen LogP contribution in [0.2, 0.25) is 0 Å². The highest BCUT2D eigenvalue weighted by Gasteiger charge is 2.17. The van der Waals surface area contributed by atoms with Crippen molar-refractivity contribution >= 4 is 16.8 Å². The first-order valence-corrected chi connectivity index (χ1v) is 5.01. The van der Waals surface area contributed by atoms with Crippen molar-refractivity contribution in [3.05, 3.63) is 34.3 Å². The summed E-state index contributed by atoms with van der Waals surface area (Å²) in [6, 6.07) is 1.19. The minimum atomic E-state index is -0.620. The molecule has 0 aliphatic rings. The molecular formula is C12H13FN2O. The van der Waals surface area contributed by atoms with E-state index in [1.54, 1.807) is 6.92 Å². The Morgan fingerprint density at radius 3 is 2.50 bits per heavy atom. The third-order valence-corrected chi connectivity index (χ3v) is 3.04. The summed E-state index contributed by atoms with van der Waals surface area (Å²) in [4.78, 5) is 14.3. The zero-order chi connectivity index (χ0) is 12.0. The molecule has 3 N–H and O–H groups in total. The lowest BCUT2D eigenvalue weighted by Crippen LogP contribution is -2.12. The summed E-state index contributed by atoms with van der Waals surface area (Å²) < 4.78 is 13.6. The van der Waals surface area contributed by atoms with Gasteiger partial charge in [0.15, 0.2) is 0 Å². The Labute approximate surface area is 92.4 Å². The molecular weight excluding hydrogens is 207 g/mol. The number of aromatic amines is 1. The highest BCUT2D eigenvalue weighted by Crippen LogP contribution is 2.29. The van der Waals surface area contributed by atoms with Crippen molar-refractivity contribution in [2.75, 3.05) is 0 Å². The van der Waals surface area contributed by atoms with Gasteiger partial charge in [0, 0.05) is 11.1 Å². The van der Waals surface area contributed by atoms with Gasteiger partial charge in [-0.2, -0.15) is 0 Å². The molecule has 1 heterocycles. The maximum atomic E-state index is 13.6. The quantitative estimate of drug-likeness (QED) is 0.761. The maximum absolute atomic E-state index is 13.6. The first-order chi connectivity index (χ1) is 7.43. The zero-order valence-electron chi connectivity index (χ0n) is 9.44. The summed E-state index contributed by atoms with van der Waals surface area (Å²) in [7, 11) is 0. The highest BCUT2D eigenvalue weighted by atomic mass is 19.1. The van der Waals surface area contributed by atoms with E-state index in [-0.39, 0.29) is 5.56 Å². The largest absolute Gasteiger partial charge is 0.366 e. The van der Waals surface area contributed by atoms with E-state index in [9.17, 15) is 9.18 Å². The zero-order valence-corrected chi connectivity index (χ0v) is 9.44. The number of H-pyrrole nitrogens is 1. The summed E-state index contributed by atoms with van der Waals surface area (Å²) in [6.45, 7) is 5.48. The fourth-order valence-corrected chi connectivity index (χ4v) is 2.01. The van der Waals surface area contributed by atoms with E-state index in [4.69, 9.17) is 5.73 Å². The van der Waals surface area contributed by atoms with Crippen LogP contribution in [0.3, 0.4) is 0 Å². The molecule has 0 aliphatic carbocycles. The number of aryl methyl sites for hydroxylation is 3. The molecule has 2 aromatic rings. The van der Waals surface area contributed by atoms with Crippen molar-refractivity contribution in [3.8, 4) is 0 Å². The first kappa shape index (κ1) is 10.7. The van der Waals surface area contributed by atoms with Crippen LogP contribution in [0.5, 0.6) is 0 Å². The number of halogens is 1. The van der Waals surface area contributed by atoms with Crippen LogP contribution in [0.4, 0.5) is 4.39 Å². The van der Waals surface area contributed by atoms with Crippen LogP contribution in [-0.2, 0) is 0 Å². The predicted molar refractivity (Wildman–Crippen MR) is 61.0 cm³/mol. The standard InChI is InChI=1S/C12H13FN2O/c1-5-7(3)15-11-8(12(14)16)4-9(13)6(2)10(5)11/h4,15H,1-3H3,(H2,14,16). The average molecular weight is 220 g/mol. The molecule has 0 saturated carbocycles. The van der Waals surface area contributed by atoms with Gasteiger partial charge in [0.1, 0.15) is 5.82 Å². The van der Waals surface area contributed by atoms with Gasteiger partial charge in [0.25, 0.3) is 5.91 Å². The summed E-state index contributed by atoms with van der Waals surface area (Å²) in [5.41, 5.74) is 8.48. The summed E-state index contributed by atoms with van der Waals surface area (Å²) in [5.74, 6) is -1.02. The molecule has 3 nitrogen and oxygen atoms in total. The third-order valence-electron chi connectivity index (χ3n) is 3.04. The molecule has 2 rings (SSSR count). The molecule has 1 aromatic heterocycles. The number of hydrogen-bond donors (Lipinski definition) is 2. The van der Waals surface area contributed by atoms with Crippen LogP contribution in [0.15, 0.2) is 6.07 Å². The van der Waals surface area contributed by atoms with E-state index in [1.807, 2.05) is 13.8 Å². The molecule has 0 saturated heterocycles. The first-order valence-electron chi connectivity index (χ1n) is 5.01. The second-order valence-electron chi connectivity index (χ2n) is 4.02. The number of nitrogens with one attached hydrogen (secondary N) is 1. The molecule has 0 unspecified atom stereocenters. The van der Waals surface area contributed by atoms with Gasteiger partial charge in [-0.25, -0.2) is 4.39 Å². The van der Waals surface area contributed by atoms with Crippen LogP contribution in [0, 0.1) is 26.6 Å². The van der Waals surface area contributed by atoms with Gasteiger partial charge in [0.2, 0.25) is 0 Å². The fraction of sp³-hybridized carbons (Fsp3) is 0.250. The number of carbonyl (C=O) groups excluding carboxylic acids is 1. The van der Waals surface area contributed by atoms with E-state index in [0.29, 0.717) is 11.1 Å². The molecule has 1 aromatic carbocycles. The van der Waals surface area contributed by atoms with Gasteiger partial charge in [-0.3, -0.25) is 4.79 Å². The molecule has 0 spiro atoms. The Bertz CT molecular complexity index is 599. The predicted octanol–water partition coefficient (Wildman–Crippen LogP) is 2.33. The van der Waals surface area contributed by atoms with Gasteiger partial charge < -0.3 is 10.7 Å². The number of primary amides is 1. The fourth-order valence-electron chi connectivity index (χ4n) is 2.01. The number of hydrogen-bond acceptors (Lipinski definition) is 1. The van der Waals surface area contributed by atoms with Gasteiger partial charge >= 0.3 is 0 Å². The van der Waals surface area contributed by atoms with Crippen LogP contribution in [0.25, 0.3) is 10.9 Å².